The van der Waals surface area contributed by atoms with Crippen LogP contribution in [0.5, 0.6) is 0 Å². The molecule has 0 unspecified atom stereocenters. The minimum atomic E-state index is 0.426. The number of ether oxygens (including phenoxy) is 2. The van der Waals surface area contributed by atoms with E-state index in [9.17, 15) is 5.26 Å². The van der Waals surface area contributed by atoms with E-state index in [2.05, 4.69) is 26.1 Å². The van der Waals surface area contributed by atoms with Crippen LogP contribution in [0.1, 0.15) is 10.7 Å². The molecule has 0 amide bonds. The van der Waals surface area contributed by atoms with Gasteiger partial charge in [0.1, 0.15) is 6.07 Å². The van der Waals surface area contributed by atoms with Gasteiger partial charge in [-0.3, -0.25) is 4.57 Å². The van der Waals surface area contributed by atoms with Crippen LogP contribution in [-0.2, 0) is 9.47 Å². The fourth-order valence-corrected chi connectivity index (χ4v) is 5.70. The zero-order valence-electron chi connectivity index (χ0n) is 20.9. The van der Waals surface area contributed by atoms with Crippen LogP contribution in [0.15, 0.2) is 60.7 Å². The first-order valence-electron chi connectivity index (χ1n) is 12.7. The number of allylic oxidation sites excluding steroid dienone is 1. The second-order valence-corrected chi connectivity index (χ2v) is 9.95. The third kappa shape index (κ3) is 4.91. The molecule has 10 heteroatoms. The summed E-state index contributed by atoms with van der Waals surface area (Å²) >= 11 is 1.58. The van der Waals surface area contributed by atoms with Crippen LogP contribution in [0, 0.1) is 11.3 Å². The number of hydrogen-bond acceptors (Lipinski definition) is 9. The molecule has 2 aliphatic rings. The van der Waals surface area contributed by atoms with Crippen molar-refractivity contribution in [3.63, 3.8) is 0 Å². The minimum Gasteiger partial charge on any atom is -0.378 e. The van der Waals surface area contributed by atoms with Crippen LogP contribution >= 0.6 is 11.3 Å². The number of aromatic nitrogens is 4. The molecule has 2 aromatic heterocycles. The highest BCUT2D eigenvalue weighted by atomic mass is 32.1. The molecule has 4 aromatic rings. The van der Waals surface area contributed by atoms with E-state index in [1.54, 1.807) is 11.3 Å². The number of para-hydroxylation sites is 1. The van der Waals surface area contributed by atoms with E-state index >= 15 is 0 Å². The summed E-state index contributed by atoms with van der Waals surface area (Å²) in [6.45, 7) is 5.63. The number of thiazole rings is 1. The van der Waals surface area contributed by atoms with Gasteiger partial charge in [-0.25, -0.2) is 4.98 Å². The lowest BCUT2D eigenvalue weighted by Gasteiger charge is -2.28. The highest BCUT2D eigenvalue weighted by Gasteiger charge is 2.25. The summed E-state index contributed by atoms with van der Waals surface area (Å²) in [4.78, 5) is 10.3. The standard InChI is InChI=1S/C28H27N7O2S/c29-20-22(26-31-32-27(33-11-15-36-16-12-33)35(26)23-9-5-2-6-10-23)19-24-25(21-7-3-1-4-8-21)30-28(38-24)34-13-17-37-18-14-34/h1-10,19H,11-18H2. The number of anilines is 2. The Morgan fingerprint density at radius 3 is 2.13 bits per heavy atom. The molecule has 0 radical (unpaired) electrons. The van der Waals surface area contributed by atoms with E-state index in [1.165, 1.54) is 0 Å². The predicted molar refractivity (Wildman–Crippen MR) is 148 cm³/mol. The summed E-state index contributed by atoms with van der Waals surface area (Å²) in [5, 5.41) is 20.4. The summed E-state index contributed by atoms with van der Waals surface area (Å²) in [7, 11) is 0. The Labute approximate surface area is 225 Å². The largest absolute Gasteiger partial charge is 0.378 e. The van der Waals surface area contributed by atoms with Crippen LogP contribution < -0.4 is 9.80 Å². The lowest BCUT2D eigenvalue weighted by molar-refractivity contribution is 0.122. The fourth-order valence-electron chi connectivity index (χ4n) is 4.62. The van der Waals surface area contributed by atoms with Crippen LogP contribution in [-0.4, -0.2) is 72.4 Å². The Kier molecular flexibility index (Phi) is 7.13. The van der Waals surface area contributed by atoms with Crippen molar-refractivity contribution in [3.05, 3.63) is 71.4 Å². The summed E-state index contributed by atoms with van der Waals surface area (Å²) in [5.74, 6) is 1.21. The van der Waals surface area contributed by atoms with Gasteiger partial charge in [0.25, 0.3) is 0 Å². The third-order valence-corrected chi connectivity index (χ3v) is 7.63. The Morgan fingerprint density at radius 1 is 0.842 bits per heavy atom. The molecule has 38 heavy (non-hydrogen) atoms. The molecule has 0 bridgehead atoms. The lowest BCUT2D eigenvalue weighted by Crippen LogP contribution is -2.38. The fraction of sp³-hybridized carbons (Fsp3) is 0.286. The molecule has 2 saturated heterocycles. The quantitative estimate of drug-likeness (QED) is 0.347. The maximum absolute atomic E-state index is 10.4. The maximum Gasteiger partial charge on any atom is 0.232 e. The normalized spacial score (nSPS) is 16.4. The van der Waals surface area contributed by atoms with Crippen molar-refractivity contribution in [2.75, 3.05) is 62.4 Å². The average Bonchev–Trinajstić information content (AvgIpc) is 3.63. The minimum absolute atomic E-state index is 0.426. The van der Waals surface area contributed by atoms with Crippen LogP contribution in [0.3, 0.4) is 0 Å². The van der Waals surface area contributed by atoms with E-state index in [4.69, 9.17) is 14.5 Å². The molecular formula is C28H27N7O2S. The number of morpholine rings is 2. The van der Waals surface area contributed by atoms with Gasteiger partial charge in [-0.15, -0.1) is 10.2 Å². The van der Waals surface area contributed by atoms with E-state index < -0.39 is 0 Å². The number of rotatable bonds is 6. The van der Waals surface area contributed by atoms with Crippen LogP contribution in [0.25, 0.3) is 28.6 Å². The summed E-state index contributed by atoms with van der Waals surface area (Å²) in [5.41, 5.74) is 3.18. The van der Waals surface area contributed by atoms with E-state index in [1.807, 2.05) is 71.3 Å². The van der Waals surface area contributed by atoms with Crippen molar-refractivity contribution >= 4 is 34.1 Å². The summed E-state index contributed by atoms with van der Waals surface area (Å²) < 4.78 is 13.1. The molecule has 4 heterocycles. The average molecular weight is 526 g/mol. The Balaban J connectivity index is 1.47. The molecule has 0 aliphatic carbocycles. The number of benzene rings is 2. The van der Waals surface area contributed by atoms with Gasteiger partial charge in [0.2, 0.25) is 5.95 Å². The van der Waals surface area contributed by atoms with Gasteiger partial charge in [-0.05, 0) is 18.2 Å². The van der Waals surface area contributed by atoms with Crippen molar-refractivity contribution < 1.29 is 9.47 Å². The first-order chi connectivity index (χ1) is 18.8. The van der Waals surface area contributed by atoms with Crippen molar-refractivity contribution in [3.8, 4) is 23.0 Å². The number of nitrogens with zero attached hydrogens (tertiary/aromatic N) is 7. The maximum atomic E-state index is 10.4. The van der Waals surface area contributed by atoms with Gasteiger partial charge in [0, 0.05) is 31.7 Å². The van der Waals surface area contributed by atoms with Crippen LogP contribution in [0.4, 0.5) is 11.1 Å². The van der Waals surface area contributed by atoms with Gasteiger partial charge in [-0.1, -0.05) is 59.9 Å². The lowest BCUT2D eigenvalue weighted by atomic mass is 10.1. The summed E-state index contributed by atoms with van der Waals surface area (Å²) in [6.07, 6.45) is 1.90. The smallest absolute Gasteiger partial charge is 0.232 e. The Bertz CT molecular complexity index is 1450. The van der Waals surface area contributed by atoms with Crippen molar-refractivity contribution in [1.29, 1.82) is 5.26 Å². The highest BCUT2D eigenvalue weighted by Crippen LogP contribution is 2.36. The molecule has 6 rings (SSSR count). The monoisotopic (exact) mass is 525 g/mol. The Hall–Kier alpha value is -4.04. The third-order valence-electron chi connectivity index (χ3n) is 6.56. The molecule has 2 aliphatic heterocycles. The molecule has 9 nitrogen and oxygen atoms in total. The molecule has 0 spiro atoms. The zero-order valence-corrected chi connectivity index (χ0v) is 21.7. The van der Waals surface area contributed by atoms with E-state index in [0.717, 1.165) is 40.0 Å². The molecule has 2 fully saturated rings. The highest BCUT2D eigenvalue weighted by molar-refractivity contribution is 7.17. The molecule has 0 saturated carbocycles. The van der Waals surface area contributed by atoms with E-state index in [-0.39, 0.29) is 0 Å². The summed E-state index contributed by atoms with van der Waals surface area (Å²) in [6, 6.07) is 22.4. The second-order valence-electron chi connectivity index (χ2n) is 8.94. The zero-order chi connectivity index (χ0) is 25.7. The first kappa shape index (κ1) is 24.3. The van der Waals surface area contributed by atoms with E-state index in [0.29, 0.717) is 56.9 Å². The van der Waals surface area contributed by atoms with Gasteiger partial charge in [-0.2, -0.15) is 5.26 Å². The Morgan fingerprint density at radius 2 is 1.47 bits per heavy atom. The molecular weight excluding hydrogens is 498 g/mol. The topological polar surface area (TPSA) is 92.3 Å². The number of nitriles is 1. The number of hydrogen-bond donors (Lipinski definition) is 0. The first-order valence-corrected chi connectivity index (χ1v) is 13.5. The molecule has 2 aromatic carbocycles. The second kappa shape index (κ2) is 11.1. The van der Waals surface area contributed by atoms with Crippen molar-refractivity contribution in [1.82, 2.24) is 19.7 Å². The predicted octanol–water partition coefficient (Wildman–Crippen LogP) is 4.13. The van der Waals surface area contributed by atoms with Crippen molar-refractivity contribution in [2.24, 2.45) is 0 Å². The van der Waals surface area contributed by atoms with Crippen molar-refractivity contribution in [2.45, 2.75) is 0 Å². The molecule has 0 N–H and O–H groups in total. The van der Waals surface area contributed by atoms with Gasteiger partial charge >= 0.3 is 0 Å². The van der Waals surface area contributed by atoms with Crippen LogP contribution in [0.2, 0.25) is 0 Å². The van der Waals surface area contributed by atoms with Gasteiger partial charge in [0.15, 0.2) is 11.0 Å². The molecule has 0 atom stereocenters. The SMILES string of the molecule is N#CC(=Cc1sc(N2CCOCC2)nc1-c1ccccc1)c1nnc(N2CCOCC2)n1-c1ccccc1. The van der Waals surface area contributed by atoms with Gasteiger partial charge in [0.05, 0.1) is 48.3 Å². The molecule has 192 valence electrons. The van der Waals surface area contributed by atoms with Gasteiger partial charge < -0.3 is 19.3 Å².